The van der Waals surface area contributed by atoms with E-state index in [2.05, 4.69) is 13.5 Å². The van der Waals surface area contributed by atoms with E-state index in [0.717, 1.165) is 25.3 Å². The number of benzene rings is 2. The van der Waals surface area contributed by atoms with Gasteiger partial charge >= 0.3 is 11.9 Å². The van der Waals surface area contributed by atoms with Gasteiger partial charge in [0.15, 0.2) is 0 Å². The number of carbonyl (C=O) groups is 2. The van der Waals surface area contributed by atoms with Crippen LogP contribution in [0.3, 0.4) is 0 Å². The molecule has 0 aliphatic carbocycles. The Bertz CT molecular complexity index is 846. The molecule has 0 N–H and O–H groups in total. The summed E-state index contributed by atoms with van der Waals surface area (Å²) in [7, 11) is 0. The zero-order valence-electron chi connectivity index (χ0n) is 19.7. The number of hydrogen-bond acceptors (Lipinski definition) is 5. The minimum atomic E-state index is -0.800. The van der Waals surface area contributed by atoms with Crippen LogP contribution >= 0.6 is 0 Å². The summed E-state index contributed by atoms with van der Waals surface area (Å²) in [4.78, 5) is 24.5. The molecule has 0 fully saturated rings. The fourth-order valence-electron chi connectivity index (χ4n) is 3.47. The molecule has 178 valence electrons. The maximum atomic E-state index is 12.7. The van der Waals surface area contributed by atoms with E-state index in [1.807, 2.05) is 6.07 Å². The highest BCUT2D eigenvalue weighted by molar-refractivity contribution is 5.94. The van der Waals surface area contributed by atoms with Crippen molar-refractivity contribution in [1.29, 1.82) is 0 Å². The van der Waals surface area contributed by atoms with Gasteiger partial charge in [0.1, 0.15) is 17.1 Å². The smallest absolute Gasteiger partial charge is 0.347 e. The van der Waals surface area contributed by atoms with Gasteiger partial charge in [-0.15, -0.1) is 0 Å². The Balaban J connectivity index is 1.91. The van der Waals surface area contributed by atoms with Crippen LogP contribution in [0.1, 0.15) is 81.5 Å². The van der Waals surface area contributed by atoms with Crippen LogP contribution in [0.2, 0.25) is 0 Å². The molecule has 1 unspecified atom stereocenters. The number of rotatable bonds is 16. The molecule has 2 aromatic rings. The molecule has 0 aromatic heterocycles. The average molecular weight is 453 g/mol. The van der Waals surface area contributed by atoms with E-state index in [9.17, 15) is 9.59 Å². The van der Waals surface area contributed by atoms with Crippen LogP contribution in [0, 0.1) is 0 Å². The summed E-state index contributed by atoms with van der Waals surface area (Å²) in [6, 6.07) is 15.7. The van der Waals surface area contributed by atoms with Crippen molar-refractivity contribution in [3.63, 3.8) is 0 Å². The third-order valence-electron chi connectivity index (χ3n) is 5.28. The SMILES string of the molecule is C=CC(=O)OC(CCCCCCCCCCC)Oc1ccccc1C(=O)Oc1ccccc1. The summed E-state index contributed by atoms with van der Waals surface area (Å²) in [5.74, 6) is -0.327. The van der Waals surface area contributed by atoms with E-state index in [1.54, 1.807) is 48.5 Å². The van der Waals surface area contributed by atoms with Crippen molar-refractivity contribution in [3.05, 3.63) is 72.8 Å². The highest BCUT2D eigenvalue weighted by Crippen LogP contribution is 2.24. The zero-order chi connectivity index (χ0) is 23.7. The van der Waals surface area contributed by atoms with E-state index in [0.29, 0.717) is 17.9 Å². The van der Waals surface area contributed by atoms with E-state index in [4.69, 9.17) is 14.2 Å². The molecular formula is C28H36O5. The Hall–Kier alpha value is -3.08. The summed E-state index contributed by atoms with van der Waals surface area (Å²) in [5, 5.41) is 0. The van der Waals surface area contributed by atoms with Crippen molar-refractivity contribution in [3.8, 4) is 11.5 Å². The summed E-state index contributed by atoms with van der Waals surface area (Å²) in [6.07, 6.45) is 11.6. The summed E-state index contributed by atoms with van der Waals surface area (Å²) in [5.41, 5.74) is 0.271. The van der Waals surface area contributed by atoms with Gasteiger partial charge in [0.05, 0.1) is 0 Å². The van der Waals surface area contributed by atoms with Crippen molar-refractivity contribution < 1.29 is 23.8 Å². The molecule has 0 saturated heterocycles. The predicted molar refractivity (Wildman–Crippen MR) is 130 cm³/mol. The van der Waals surface area contributed by atoms with Crippen LogP contribution in [0.4, 0.5) is 0 Å². The van der Waals surface area contributed by atoms with Crippen LogP contribution in [0.25, 0.3) is 0 Å². The lowest BCUT2D eigenvalue weighted by Crippen LogP contribution is -2.24. The van der Waals surface area contributed by atoms with Crippen LogP contribution in [-0.2, 0) is 9.53 Å². The standard InChI is InChI=1S/C28H36O5/c1-3-5-6-7-8-9-10-11-15-22-27(33-26(29)4-2)32-25-21-17-16-20-24(25)28(30)31-23-18-13-12-14-19-23/h4,12-14,16-21,27H,2-3,5-11,15,22H2,1H3. The minimum absolute atomic E-state index is 0.271. The maximum Gasteiger partial charge on any atom is 0.347 e. The molecule has 2 rings (SSSR count). The first-order chi connectivity index (χ1) is 16.1. The Morgan fingerprint density at radius 2 is 1.45 bits per heavy atom. The third-order valence-corrected chi connectivity index (χ3v) is 5.28. The molecule has 0 heterocycles. The number of carbonyl (C=O) groups excluding carboxylic acids is 2. The second-order valence-electron chi connectivity index (χ2n) is 8.00. The molecule has 5 nitrogen and oxygen atoms in total. The maximum absolute atomic E-state index is 12.7. The third kappa shape index (κ3) is 10.4. The van der Waals surface area contributed by atoms with Gasteiger partial charge in [0.25, 0.3) is 0 Å². The second kappa shape index (κ2) is 15.7. The Kier molecular flexibility index (Phi) is 12.4. The quantitative estimate of drug-likeness (QED) is 0.0881. The van der Waals surface area contributed by atoms with Crippen molar-refractivity contribution in [2.24, 2.45) is 0 Å². The highest BCUT2D eigenvalue weighted by Gasteiger charge is 2.20. The molecule has 0 aliphatic rings. The summed E-state index contributed by atoms with van der Waals surface area (Å²) >= 11 is 0. The molecule has 2 aromatic carbocycles. The molecule has 33 heavy (non-hydrogen) atoms. The van der Waals surface area contributed by atoms with Gasteiger partial charge in [-0.2, -0.15) is 0 Å². The van der Waals surface area contributed by atoms with Crippen molar-refractivity contribution in [2.75, 3.05) is 0 Å². The van der Waals surface area contributed by atoms with Gasteiger partial charge in [-0.25, -0.2) is 9.59 Å². The lowest BCUT2D eigenvalue weighted by atomic mass is 10.1. The largest absolute Gasteiger partial charge is 0.454 e. The molecule has 0 bridgehead atoms. The Morgan fingerprint density at radius 3 is 2.12 bits per heavy atom. The highest BCUT2D eigenvalue weighted by atomic mass is 16.7. The molecule has 5 heteroatoms. The molecule has 0 saturated carbocycles. The van der Waals surface area contributed by atoms with Gasteiger partial charge in [-0.1, -0.05) is 95.2 Å². The molecule has 0 spiro atoms. The summed E-state index contributed by atoms with van der Waals surface area (Å²) in [6.45, 7) is 5.68. The molecule has 0 aliphatic heterocycles. The van der Waals surface area contributed by atoms with Crippen LogP contribution in [0.15, 0.2) is 67.3 Å². The first kappa shape index (κ1) is 26.2. The Labute approximate surface area is 197 Å². The van der Waals surface area contributed by atoms with Crippen LogP contribution < -0.4 is 9.47 Å². The van der Waals surface area contributed by atoms with E-state index < -0.39 is 18.2 Å². The van der Waals surface area contributed by atoms with Gasteiger partial charge in [0, 0.05) is 12.5 Å². The van der Waals surface area contributed by atoms with Crippen molar-refractivity contribution in [2.45, 2.75) is 77.4 Å². The predicted octanol–water partition coefficient (Wildman–Crippen LogP) is 7.26. The van der Waals surface area contributed by atoms with Crippen molar-refractivity contribution >= 4 is 11.9 Å². The molecular weight excluding hydrogens is 416 g/mol. The van der Waals surface area contributed by atoms with Gasteiger partial charge < -0.3 is 14.2 Å². The van der Waals surface area contributed by atoms with Gasteiger partial charge in [-0.05, 0) is 30.7 Å². The molecule has 0 radical (unpaired) electrons. The fraction of sp³-hybridized carbons (Fsp3) is 0.429. The van der Waals surface area contributed by atoms with E-state index in [-0.39, 0.29) is 5.56 Å². The first-order valence-electron chi connectivity index (χ1n) is 12.0. The van der Waals surface area contributed by atoms with Crippen LogP contribution in [0.5, 0.6) is 11.5 Å². The lowest BCUT2D eigenvalue weighted by Gasteiger charge is -2.20. The molecule has 1 atom stereocenters. The molecule has 0 amide bonds. The van der Waals surface area contributed by atoms with Gasteiger partial charge in [-0.3, -0.25) is 0 Å². The topological polar surface area (TPSA) is 61.8 Å². The monoisotopic (exact) mass is 452 g/mol. The van der Waals surface area contributed by atoms with Crippen LogP contribution in [-0.4, -0.2) is 18.2 Å². The number of ether oxygens (including phenoxy) is 3. The first-order valence-corrected chi connectivity index (χ1v) is 12.0. The summed E-state index contributed by atoms with van der Waals surface area (Å²) < 4.78 is 16.8. The minimum Gasteiger partial charge on any atom is -0.454 e. The van der Waals surface area contributed by atoms with E-state index in [1.165, 1.54) is 38.5 Å². The normalized spacial score (nSPS) is 11.4. The Morgan fingerprint density at radius 1 is 0.848 bits per heavy atom. The average Bonchev–Trinajstić information content (AvgIpc) is 2.83. The number of hydrogen-bond donors (Lipinski definition) is 0. The fourth-order valence-corrected chi connectivity index (χ4v) is 3.47. The lowest BCUT2D eigenvalue weighted by molar-refractivity contribution is -0.158. The number of unbranched alkanes of at least 4 members (excludes halogenated alkanes) is 8. The second-order valence-corrected chi connectivity index (χ2v) is 8.00. The number of esters is 2. The van der Waals surface area contributed by atoms with E-state index >= 15 is 0 Å². The number of para-hydroxylation sites is 2. The van der Waals surface area contributed by atoms with Crippen molar-refractivity contribution in [1.82, 2.24) is 0 Å². The zero-order valence-corrected chi connectivity index (χ0v) is 19.7. The van der Waals surface area contributed by atoms with Gasteiger partial charge in [0.2, 0.25) is 6.29 Å².